The quantitative estimate of drug-likeness (QED) is 0.151. The number of hydrogen-bond acceptors (Lipinski definition) is 16. The van der Waals surface area contributed by atoms with Crippen LogP contribution >= 0.6 is 6.72 Å². The summed E-state index contributed by atoms with van der Waals surface area (Å²) in [6, 6.07) is 8.55. The van der Waals surface area contributed by atoms with Gasteiger partial charge in [-0.05, 0) is 23.9 Å². The summed E-state index contributed by atoms with van der Waals surface area (Å²) in [5.41, 5.74) is 0.187. The summed E-state index contributed by atoms with van der Waals surface area (Å²) < 4.78 is 61.8. The lowest BCUT2D eigenvalue weighted by molar-refractivity contribution is -0.118. The van der Waals surface area contributed by atoms with Crippen LogP contribution in [0.15, 0.2) is 54.1 Å². The molecule has 56 heavy (non-hydrogen) atoms. The Morgan fingerprint density at radius 2 is 1.75 bits per heavy atom. The van der Waals surface area contributed by atoms with Crippen molar-refractivity contribution in [2.75, 3.05) is 23.8 Å². The van der Waals surface area contributed by atoms with E-state index < -0.39 is 77.2 Å². The van der Waals surface area contributed by atoms with E-state index in [-0.39, 0.29) is 54.4 Å². The first-order valence-corrected chi connectivity index (χ1v) is 21.2. The van der Waals surface area contributed by atoms with Gasteiger partial charge < -0.3 is 28.7 Å². The Morgan fingerprint density at radius 3 is 2.54 bits per heavy atom. The van der Waals surface area contributed by atoms with Crippen molar-refractivity contribution in [2.45, 2.75) is 63.6 Å². The molecular weight excluding hydrogens is 798 g/mol. The van der Waals surface area contributed by atoms with Gasteiger partial charge in [-0.1, -0.05) is 32.0 Å². The van der Waals surface area contributed by atoms with Crippen molar-refractivity contribution in [2.24, 2.45) is 5.92 Å². The summed E-state index contributed by atoms with van der Waals surface area (Å²) in [6.45, 7) is -1.38. The highest BCUT2D eigenvalue weighted by Crippen LogP contribution is 2.50. The van der Waals surface area contributed by atoms with Gasteiger partial charge in [0, 0.05) is 30.9 Å². The number of carbonyl (C=O) groups excluding carboxylic acids is 2. The number of carbonyl (C=O) groups is 2. The molecule has 4 aromatic heterocycles. The van der Waals surface area contributed by atoms with E-state index >= 15 is 0 Å². The van der Waals surface area contributed by atoms with Crippen molar-refractivity contribution >= 4 is 74.7 Å². The van der Waals surface area contributed by atoms with E-state index in [2.05, 4.69) is 45.3 Å². The third-order valence-corrected chi connectivity index (χ3v) is 11.7. The van der Waals surface area contributed by atoms with Gasteiger partial charge in [0.2, 0.25) is 11.9 Å². The Bertz CT molecular complexity index is 2530. The highest BCUT2D eigenvalue weighted by Gasteiger charge is 2.45. The second-order valence-electron chi connectivity index (χ2n) is 13.3. The van der Waals surface area contributed by atoms with Crippen LogP contribution < -0.4 is 20.9 Å². The van der Waals surface area contributed by atoms with Gasteiger partial charge in [-0.3, -0.25) is 33.8 Å². The molecule has 3 aliphatic rings. The second-order valence-corrected chi connectivity index (χ2v) is 17.5. The van der Waals surface area contributed by atoms with Gasteiger partial charge in [-0.25, -0.2) is 24.1 Å². The first kappa shape index (κ1) is 38.3. The van der Waals surface area contributed by atoms with Gasteiger partial charge in [0.1, 0.15) is 24.8 Å². The smallest absolute Gasteiger partial charge is 0.336 e. The van der Waals surface area contributed by atoms with Crippen molar-refractivity contribution in [1.29, 1.82) is 0 Å². The number of anilines is 2. The van der Waals surface area contributed by atoms with Gasteiger partial charge in [0.25, 0.3) is 11.5 Å². The van der Waals surface area contributed by atoms with Crippen LogP contribution in [-0.4, -0.2) is 102 Å². The number of rotatable bonds is 6. The molecule has 22 nitrogen and oxygen atoms in total. The summed E-state index contributed by atoms with van der Waals surface area (Å²) >= 11 is 5.37. The molecule has 3 aliphatic heterocycles. The fourth-order valence-corrected chi connectivity index (χ4v) is 8.86. The largest absolute Gasteiger partial charge is 0.351 e. The zero-order chi connectivity index (χ0) is 39.4. The predicted molar refractivity (Wildman–Crippen MR) is 198 cm³/mol. The lowest BCUT2D eigenvalue weighted by Gasteiger charge is -2.25. The fraction of sp³-hybridized carbons (Fsp3) is 0.419. The van der Waals surface area contributed by atoms with Crippen LogP contribution in [0.25, 0.3) is 22.3 Å². The first-order chi connectivity index (χ1) is 26.7. The lowest BCUT2D eigenvalue weighted by Crippen LogP contribution is -2.40. The molecule has 3 saturated heterocycles. The number of amides is 2. The lowest BCUT2D eigenvalue weighted by atomic mass is 10.2. The Balaban J connectivity index is 1.03. The highest BCUT2D eigenvalue weighted by atomic mass is 32.5. The van der Waals surface area contributed by atoms with Crippen LogP contribution in [0.5, 0.6) is 0 Å². The number of ether oxygens (including phenoxy) is 2. The van der Waals surface area contributed by atoms with Crippen molar-refractivity contribution in [3.05, 3.63) is 65.2 Å². The van der Waals surface area contributed by atoms with Crippen molar-refractivity contribution < 1.29 is 45.6 Å². The van der Waals surface area contributed by atoms with Crippen LogP contribution in [0.2, 0.25) is 0 Å². The summed E-state index contributed by atoms with van der Waals surface area (Å²) in [5.74, 6) is -1.21. The van der Waals surface area contributed by atoms with Crippen molar-refractivity contribution in [1.82, 2.24) is 43.8 Å². The van der Waals surface area contributed by atoms with Crippen LogP contribution in [-0.2, 0) is 49.6 Å². The maximum atomic E-state index is 13.5. The maximum absolute atomic E-state index is 13.5. The number of aromatic nitrogens is 8. The molecule has 0 radical (unpaired) electrons. The minimum atomic E-state index is -4.53. The molecule has 25 heteroatoms. The number of nitrogens with zero attached hydrogens (tertiary/aromatic N) is 7. The molecule has 8 rings (SSSR count). The molecule has 0 saturated carbocycles. The van der Waals surface area contributed by atoms with E-state index in [1.807, 2.05) is 0 Å². The average molecular weight is 832 g/mol. The minimum Gasteiger partial charge on any atom is -0.351 e. The molecule has 1 unspecified atom stereocenters. The SMILES string of the molecule is CC(C)C(=O)Nc1nc2c(ncn2[C@@H]2O[C@@H]3COP(O)(=S)O[C@H]4C[C@H](n5cnc6c(NC(=O)c7ccccc7)ncnc65)O[C@@H]4CNS(=O)(=O)O[C@@H]2C3)c(=O)[nH]1. The van der Waals surface area contributed by atoms with E-state index in [0.29, 0.717) is 11.2 Å². The van der Waals surface area contributed by atoms with Gasteiger partial charge in [0.15, 0.2) is 34.4 Å². The number of fused-ring (bicyclic) bond motifs is 5. The van der Waals surface area contributed by atoms with Crippen molar-refractivity contribution in [3.8, 4) is 0 Å². The summed E-state index contributed by atoms with van der Waals surface area (Å²) in [6.07, 6.45) is -2.25. The highest BCUT2D eigenvalue weighted by molar-refractivity contribution is 8.07. The van der Waals surface area contributed by atoms with Crippen LogP contribution in [0.3, 0.4) is 0 Å². The molecule has 7 atom stereocenters. The van der Waals surface area contributed by atoms with Crippen molar-refractivity contribution in [3.63, 3.8) is 0 Å². The summed E-state index contributed by atoms with van der Waals surface area (Å²) in [4.78, 5) is 73.0. The summed E-state index contributed by atoms with van der Waals surface area (Å²) in [5, 5.41) is 5.27. The standard InChI is InChI=1S/C31H34N11O11PS2/c1-15(2)27(43)39-31-38-26-23(29(45)40-31)35-14-42(26)30-19-8-17(50-30)11-49-54(46,55)52-18-9-21(51-20(18)10-36-56(47,48)53-19)41-13-34-22-24(32-12-33-25(22)41)37-28(44)16-6-4-3-5-7-16/h3-7,12-15,17-21,30,36H,8-11H2,1-2H3,(H,46,55)(H,32,33,37,44)(H2,38,39,40,43,45)/t17-,18-,19+,20+,21+,30+,54?/m0/s1. The van der Waals surface area contributed by atoms with Gasteiger partial charge in [-0.15, -0.1) is 0 Å². The zero-order valence-corrected chi connectivity index (χ0v) is 31.9. The topological polar surface area (TPSA) is 278 Å². The van der Waals surface area contributed by atoms with Gasteiger partial charge >= 0.3 is 17.0 Å². The minimum absolute atomic E-state index is 0.0220. The van der Waals surface area contributed by atoms with E-state index in [4.69, 9.17) is 34.5 Å². The third kappa shape index (κ3) is 7.84. The zero-order valence-electron chi connectivity index (χ0n) is 29.4. The Labute approximate surface area is 321 Å². The van der Waals surface area contributed by atoms with E-state index in [1.54, 1.807) is 48.7 Å². The molecule has 5 aromatic rings. The molecule has 3 fully saturated rings. The molecule has 2 bridgehead atoms. The number of hydrogen-bond donors (Lipinski definition) is 5. The van der Waals surface area contributed by atoms with E-state index in [0.717, 1.165) is 0 Å². The van der Waals surface area contributed by atoms with Crippen LogP contribution in [0, 0.1) is 5.92 Å². The Kier molecular flexibility index (Phi) is 10.3. The number of aromatic amines is 1. The molecule has 0 spiro atoms. The fourth-order valence-electron chi connectivity index (χ4n) is 6.44. The first-order valence-electron chi connectivity index (χ1n) is 17.2. The Morgan fingerprint density at radius 1 is 0.982 bits per heavy atom. The number of nitrogens with one attached hydrogen (secondary N) is 4. The molecule has 2 amide bonds. The molecule has 1 aromatic carbocycles. The number of imidazole rings is 2. The Hall–Kier alpha value is -4.62. The normalized spacial score (nSPS) is 28.0. The van der Waals surface area contributed by atoms with E-state index in [9.17, 15) is 27.7 Å². The van der Waals surface area contributed by atoms with Gasteiger partial charge in [-0.2, -0.15) is 18.1 Å². The van der Waals surface area contributed by atoms with Crippen LogP contribution in [0.4, 0.5) is 11.8 Å². The van der Waals surface area contributed by atoms with Crippen LogP contribution in [0.1, 0.15) is 49.5 Å². The van der Waals surface area contributed by atoms with E-state index in [1.165, 1.54) is 23.5 Å². The monoisotopic (exact) mass is 831 g/mol. The molecule has 7 heterocycles. The maximum Gasteiger partial charge on any atom is 0.336 e. The third-order valence-electron chi connectivity index (χ3n) is 9.14. The van der Waals surface area contributed by atoms with Gasteiger partial charge in [0.05, 0.1) is 31.5 Å². The molecule has 0 aliphatic carbocycles. The average Bonchev–Trinajstić information content (AvgIpc) is 3.95. The number of benzene rings is 1. The second kappa shape index (κ2) is 15.0. The molecule has 5 N–H and O–H groups in total. The summed E-state index contributed by atoms with van der Waals surface area (Å²) in [7, 11) is -4.53. The predicted octanol–water partition coefficient (Wildman–Crippen LogP) is 1.23. The molecular formula is C31H34N11O11PS2. The molecule has 296 valence electrons. The number of H-pyrrole nitrogens is 1.